The average molecular weight is 341 g/mol. The van der Waals surface area contributed by atoms with E-state index in [0.717, 1.165) is 48.6 Å². The van der Waals surface area contributed by atoms with Gasteiger partial charge in [0.2, 0.25) is 0 Å². The number of nitrogens with one attached hydrogen (secondary N) is 1. The molecule has 0 aromatic heterocycles. The summed E-state index contributed by atoms with van der Waals surface area (Å²) in [5.74, 6) is 0.798. The first kappa shape index (κ1) is 17.1. The van der Waals surface area contributed by atoms with Crippen LogP contribution in [0.15, 0.2) is 42.5 Å². The van der Waals surface area contributed by atoms with Crippen molar-refractivity contribution < 1.29 is 9.66 Å². The number of anilines is 2. The lowest BCUT2D eigenvalue weighted by atomic mass is 10.1. The maximum atomic E-state index is 11.5. The van der Waals surface area contributed by atoms with Gasteiger partial charge in [0.05, 0.1) is 12.0 Å². The second-order valence-electron chi connectivity index (χ2n) is 6.21. The molecule has 3 rings (SSSR count). The van der Waals surface area contributed by atoms with Crippen molar-refractivity contribution in [3.63, 3.8) is 0 Å². The van der Waals surface area contributed by atoms with Gasteiger partial charge in [0.15, 0.2) is 0 Å². The van der Waals surface area contributed by atoms with Crippen LogP contribution in [0.25, 0.3) is 0 Å². The number of hydrogen-bond acceptors (Lipinski definition) is 5. The zero-order valence-electron chi connectivity index (χ0n) is 14.4. The van der Waals surface area contributed by atoms with Gasteiger partial charge in [-0.2, -0.15) is 0 Å². The van der Waals surface area contributed by atoms with Crippen LogP contribution in [0.2, 0.25) is 0 Å². The zero-order valence-corrected chi connectivity index (χ0v) is 14.4. The van der Waals surface area contributed by atoms with Crippen LogP contribution in [-0.2, 0) is 6.54 Å². The van der Waals surface area contributed by atoms with Crippen molar-refractivity contribution in [2.75, 3.05) is 30.4 Å². The quantitative estimate of drug-likeness (QED) is 0.630. The van der Waals surface area contributed by atoms with Crippen LogP contribution in [0.1, 0.15) is 24.8 Å². The third-order valence-electron chi connectivity index (χ3n) is 4.52. The zero-order chi connectivity index (χ0) is 17.6. The molecule has 0 aliphatic carbocycles. The Labute approximate surface area is 147 Å². The summed E-state index contributed by atoms with van der Waals surface area (Å²) in [5.41, 5.74) is 2.76. The van der Waals surface area contributed by atoms with Crippen LogP contribution in [0, 0.1) is 10.1 Å². The highest BCUT2D eigenvalue weighted by molar-refractivity contribution is 5.65. The topological polar surface area (TPSA) is 67.6 Å². The maximum absolute atomic E-state index is 11.5. The molecule has 0 spiro atoms. The van der Waals surface area contributed by atoms with Gasteiger partial charge in [0, 0.05) is 31.4 Å². The molecule has 25 heavy (non-hydrogen) atoms. The SMILES string of the molecule is COc1ccc(NCc2ccc(N3CCCCC3)c([N+](=O)[O-])c2)cc1. The monoisotopic (exact) mass is 341 g/mol. The van der Waals surface area contributed by atoms with E-state index in [4.69, 9.17) is 4.74 Å². The highest BCUT2D eigenvalue weighted by atomic mass is 16.6. The summed E-state index contributed by atoms with van der Waals surface area (Å²) in [6, 6.07) is 13.1. The predicted molar refractivity (Wildman–Crippen MR) is 99.5 cm³/mol. The Hall–Kier alpha value is -2.76. The van der Waals surface area contributed by atoms with Crippen molar-refractivity contribution in [3.05, 3.63) is 58.1 Å². The van der Waals surface area contributed by atoms with Gasteiger partial charge < -0.3 is 15.0 Å². The minimum Gasteiger partial charge on any atom is -0.497 e. The molecule has 0 amide bonds. The largest absolute Gasteiger partial charge is 0.497 e. The Morgan fingerprint density at radius 2 is 1.84 bits per heavy atom. The fourth-order valence-corrected chi connectivity index (χ4v) is 3.14. The van der Waals surface area contributed by atoms with Gasteiger partial charge in [-0.1, -0.05) is 6.07 Å². The number of benzene rings is 2. The van der Waals surface area contributed by atoms with Gasteiger partial charge in [-0.15, -0.1) is 0 Å². The standard InChI is InChI=1S/C19H23N3O3/c1-25-17-8-6-16(7-9-17)20-14-15-5-10-18(19(13-15)22(23)24)21-11-3-2-4-12-21/h5-10,13,20H,2-4,11-12,14H2,1H3. The molecule has 0 radical (unpaired) electrons. The molecule has 0 saturated carbocycles. The maximum Gasteiger partial charge on any atom is 0.292 e. The van der Waals surface area contributed by atoms with Gasteiger partial charge in [-0.05, 0) is 55.2 Å². The minimum atomic E-state index is -0.277. The fraction of sp³-hybridized carbons (Fsp3) is 0.368. The average Bonchev–Trinajstić information content (AvgIpc) is 2.67. The lowest BCUT2D eigenvalue weighted by molar-refractivity contribution is -0.384. The summed E-state index contributed by atoms with van der Waals surface area (Å²) in [7, 11) is 1.63. The summed E-state index contributed by atoms with van der Waals surface area (Å²) in [6.07, 6.45) is 3.39. The van der Waals surface area contributed by atoms with Crippen molar-refractivity contribution in [1.29, 1.82) is 0 Å². The van der Waals surface area contributed by atoms with E-state index in [9.17, 15) is 10.1 Å². The first-order valence-corrected chi connectivity index (χ1v) is 8.57. The fourth-order valence-electron chi connectivity index (χ4n) is 3.14. The van der Waals surface area contributed by atoms with Gasteiger partial charge in [0.1, 0.15) is 11.4 Å². The molecule has 132 valence electrons. The van der Waals surface area contributed by atoms with E-state index >= 15 is 0 Å². The van der Waals surface area contributed by atoms with Crippen molar-refractivity contribution in [2.24, 2.45) is 0 Å². The van der Waals surface area contributed by atoms with Crippen LogP contribution in [0.5, 0.6) is 5.75 Å². The number of ether oxygens (including phenoxy) is 1. The number of nitrogens with zero attached hydrogens (tertiary/aromatic N) is 2. The molecule has 1 fully saturated rings. The summed E-state index contributed by atoms with van der Waals surface area (Å²) in [5, 5.41) is 14.8. The second-order valence-corrected chi connectivity index (χ2v) is 6.21. The molecule has 6 nitrogen and oxygen atoms in total. The Kier molecular flexibility index (Phi) is 5.38. The Morgan fingerprint density at radius 3 is 2.48 bits per heavy atom. The number of rotatable bonds is 6. The van der Waals surface area contributed by atoms with Crippen molar-refractivity contribution in [1.82, 2.24) is 0 Å². The second kappa shape index (κ2) is 7.88. The molecule has 1 aliphatic rings. The van der Waals surface area contributed by atoms with Crippen molar-refractivity contribution >= 4 is 17.1 Å². The molecular weight excluding hydrogens is 318 g/mol. The van der Waals surface area contributed by atoms with Crippen LogP contribution >= 0.6 is 0 Å². The Balaban J connectivity index is 1.73. The lowest BCUT2D eigenvalue weighted by Crippen LogP contribution is -2.30. The Morgan fingerprint density at radius 1 is 1.12 bits per heavy atom. The molecule has 6 heteroatoms. The summed E-state index contributed by atoms with van der Waals surface area (Å²) >= 11 is 0. The van der Waals surface area contributed by atoms with E-state index in [1.807, 2.05) is 36.4 Å². The first-order valence-electron chi connectivity index (χ1n) is 8.57. The van der Waals surface area contributed by atoms with Crippen LogP contribution < -0.4 is 15.0 Å². The lowest BCUT2D eigenvalue weighted by Gasteiger charge is -2.28. The summed E-state index contributed by atoms with van der Waals surface area (Å²) in [4.78, 5) is 13.4. The van der Waals surface area contributed by atoms with Crippen molar-refractivity contribution in [3.8, 4) is 5.75 Å². The number of nitro groups is 1. The Bertz CT molecular complexity index is 725. The van der Waals surface area contributed by atoms with E-state index in [2.05, 4.69) is 10.2 Å². The molecule has 2 aromatic carbocycles. The first-order chi connectivity index (χ1) is 12.2. The van der Waals surface area contributed by atoms with E-state index < -0.39 is 0 Å². The highest BCUT2D eigenvalue weighted by Gasteiger charge is 2.21. The molecule has 1 heterocycles. The van der Waals surface area contributed by atoms with Crippen molar-refractivity contribution in [2.45, 2.75) is 25.8 Å². The summed E-state index contributed by atoms with van der Waals surface area (Å²) in [6.45, 7) is 2.32. The molecule has 2 aromatic rings. The molecule has 0 unspecified atom stereocenters. The molecule has 0 atom stereocenters. The number of hydrogen-bond donors (Lipinski definition) is 1. The van der Waals surface area contributed by atoms with E-state index in [1.165, 1.54) is 6.42 Å². The third-order valence-corrected chi connectivity index (χ3v) is 4.52. The van der Waals surface area contributed by atoms with Gasteiger partial charge >= 0.3 is 0 Å². The van der Waals surface area contributed by atoms with Crippen LogP contribution in [0.3, 0.4) is 0 Å². The van der Waals surface area contributed by atoms with Gasteiger partial charge in [-0.25, -0.2) is 0 Å². The van der Waals surface area contributed by atoms with E-state index in [0.29, 0.717) is 6.54 Å². The van der Waals surface area contributed by atoms with Gasteiger partial charge in [-0.3, -0.25) is 10.1 Å². The molecule has 1 saturated heterocycles. The number of nitro benzene ring substituents is 1. The third kappa shape index (κ3) is 4.21. The number of methoxy groups -OCH3 is 1. The van der Waals surface area contributed by atoms with E-state index in [-0.39, 0.29) is 10.6 Å². The van der Waals surface area contributed by atoms with E-state index in [1.54, 1.807) is 13.2 Å². The molecular formula is C19H23N3O3. The van der Waals surface area contributed by atoms with Crippen LogP contribution in [-0.4, -0.2) is 25.1 Å². The predicted octanol–water partition coefficient (Wildman–Crippen LogP) is 4.21. The number of piperidine rings is 1. The summed E-state index contributed by atoms with van der Waals surface area (Å²) < 4.78 is 5.14. The normalized spacial score (nSPS) is 14.2. The van der Waals surface area contributed by atoms with Crippen LogP contribution in [0.4, 0.5) is 17.1 Å². The highest BCUT2D eigenvalue weighted by Crippen LogP contribution is 2.31. The minimum absolute atomic E-state index is 0.191. The smallest absolute Gasteiger partial charge is 0.292 e. The van der Waals surface area contributed by atoms with Gasteiger partial charge in [0.25, 0.3) is 5.69 Å². The molecule has 1 N–H and O–H groups in total. The molecule has 0 bridgehead atoms. The molecule has 1 aliphatic heterocycles.